The van der Waals surface area contributed by atoms with E-state index < -0.39 is 14.8 Å². The average molecular weight is 445 g/mol. The zero-order chi connectivity index (χ0) is 19.8. The third-order valence-corrected chi connectivity index (χ3v) is 7.30. The van der Waals surface area contributed by atoms with E-state index in [1.54, 1.807) is 11.0 Å². The van der Waals surface area contributed by atoms with Gasteiger partial charge in [-0.05, 0) is 37.6 Å². The van der Waals surface area contributed by atoms with Gasteiger partial charge in [-0.25, -0.2) is 13.4 Å². The number of rotatable bonds is 4. The van der Waals surface area contributed by atoms with E-state index in [2.05, 4.69) is 0 Å². The molecule has 0 aromatic heterocycles. The van der Waals surface area contributed by atoms with Gasteiger partial charge < -0.3 is 10.0 Å². The molecule has 9 heteroatoms. The van der Waals surface area contributed by atoms with Crippen LogP contribution in [0.15, 0.2) is 52.4 Å². The molecule has 2 aromatic carbocycles. The Morgan fingerprint density at radius 2 is 2.00 bits per heavy atom. The smallest absolute Gasteiger partial charge is 0.262 e. The summed E-state index contributed by atoms with van der Waals surface area (Å²) in [6, 6.07) is 12.1. The Bertz CT molecular complexity index is 1010. The number of aliphatic hydroxyl groups is 1. The van der Waals surface area contributed by atoms with Crippen LogP contribution in [0.1, 0.15) is 18.1 Å². The van der Waals surface area contributed by atoms with Crippen LogP contribution < -0.4 is 0 Å². The fourth-order valence-electron chi connectivity index (χ4n) is 2.94. The second-order valence-corrected chi connectivity index (χ2v) is 10.00. The molecule has 1 atom stereocenters. The van der Waals surface area contributed by atoms with Crippen LogP contribution in [-0.4, -0.2) is 35.9 Å². The van der Waals surface area contributed by atoms with Crippen molar-refractivity contribution in [2.24, 2.45) is 4.99 Å². The summed E-state index contributed by atoms with van der Waals surface area (Å²) in [5, 5.41) is 12.0. The number of hydrogen-bond donors (Lipinski definition) is 1. The Kier molecular flexibility index (Phi) is 5.80. The predicted octanol–water partition coefficient (Wildman–Crippen LogP) is 4.48. The molecule has 0 amide bonds. The van der Waals surface area contributed by atoms with Crippen LogP contribution in [0.2, 0.25) is 5.02 Å². The summed E-state index contributed by atoms with van der Waals surface area (Å²) in [5.41, 5.74) is 0.833. The van der Waals surface area contributed by atoms with Gasteiger partial charge in [-0.2, -0.15) is 0 Å². The van der Waals surface area contributed by atoms with E-state index in [-0.39, 0.29) is 9.92 Å². The van der Waals surface area contributed by atoms with Crippen molar-refractivity contribution in [1.29, 1.82) is 0 Å². The number of nitrogens with zero attached hydrogens (tertiary/aromatic N) is 2. The highest BCUT2D eigenvalue weighted by molar-refractivity contribution is 8.14. The molecule has 3 rings (SSSR count). The van der Waals surface area contributed by atoms with Crippen molar-refractivity contribution in [3.8, 4) is 0 Å². The molecule has 0 spiro atoms. The van der Waals surface area contributed by atoms with Crippen LogP contribution >= 0.6 is 34.0 Å². The van der Waals surface area contributed by atoms with Crippen molar-refractivity contribution in [3.63, 3.8) is 0 Å². The van der Waals surface area contributed by atoms with Crippen LogP contribution in [0.5, 0.6) is 0 Å². The molecule has 0 bridgehead atoms. The van der Waals surface area contributed by atoms with Gasteiger partial charge in [-0.15, -0.1) is 0 Å². The first-order valence-corrected chi connectivity index (χ1v) is 11.9. The molecule has 1 unspecified atom stereocenters. The maximum Gasteiger partial charge on any atom is 0.262 e. The third kappa shape index (κ3) is 3.98. The van der Waals surface area contributed by atoms with Crippen LogP contribution in [0, 0.1) is 6.92 Å². The van der Waals surface area contributed by atoms with Crippen molar-refractivity contribution < 1.29 is 13.5 Å². The number of thioether (sulfide) groups is 1. The van der Waals surface area contributed by atoms with Gasteiger partial charge >= 0.3 is 0 Å². The minimum Gasteiger partial charge on any atom is -0.366 e. The molecular formula is C18H18Cl2N2O3S2. The zero-order valence-electron chi connectivity index (χ0n) is 14.7. The Balaban J connectivity index is 2.05. The number of hydrogen-bond acceptors (Lipinski definition) is 5. The first-order valence-electron chi connectivity index (χ1n) is 8.18. The molecule has 1 aliphatic rings. The molecule has 27 heavy (non-hydrogen) atoms. The monoisotopic (exact) mass is 444 g/mol. The van der Waals surface area contributed by atoms with E-state index in [0.717, 1.165) is 11.3 Å². The molecule has 2 aromatic rings. The zero-order valence-corrected chi connectivity index (χ0v) is 17.8. The van der Waals surface area contributed by atoms with Gasteiger partial charge in [0.05, 0.1) is 16.5 Å². The number of aryl methyl sites for hydroxylation is 1. The summed E-state index contributed by atoms with van der Waals surface area (Å²) in [6.45, 7) is 4.36. The van der Waals surface area contributed by atoms with E-state index in [1.165, 1.54) is 23.9 Å². The van der Waals surface area contributed by atoms with Crippen LogP contribution in [0.25, 0.3) is 0 Å². The van der Waals surface area contributed by atoms with Gasteiger partial charge in [0, 0.05) is 22.8 Å². The molecule has 144 valence electrons. The van der Waals surface area contributed by atoms with Gasteiger partial charge in [0.2, 0.25) is 0 Å². The van der Waals surface area contributed by atoms with Crippen molar-refractivity contribution in [1.82, 2.24) is 4.90 Å². The lowest BCUT2D eigenvalue weighted by molar-refractivity contribution is -0.0453. The van der Waals surface area contributed by atoms with Crippen molar-refractivity contribution >= 4 is 54.0 Å². The number of benzene rings is 2. The summed E-state index contributed by atoms with van der Waals surface area (Å²) in [7, 11) is 1.44. The van der Waals surface area contributed by atoms with Crippen molar-refractivity contribution in [3.05, 3.63) is 58.6 Å². The number of amidine groups is 1. The Morgan fingerprint density at radius 3 is 2.63 bits per heavy atom. The average Bonchev–Trinajstić information content (AvgIpc) is 2.93. The fraction of sp³-hybridized carbons (Fsp3) is 0.278. The molecule has 1 saturated heterocycles. The molecule has 0 radical (unpaired) electrons. The highest BCUT2D eigenvalue weighted by Crippen LogP contribution is 2.41. The van der Waals surface area contributed by atoms with E-state index in [9.17, 15) is 13.5 Å². The quantitative estimate of drug-likeness (QED) is 0.703. The van der Waals surface area contributed by atoms with Gasteiger partial charge in [-0.3, -0.25) is 0 Å². The van der Waals surface area contributed by atoms with Gasteiger partial charge in [0.1, 0.15) is 4.90 Å². The second-order valence-electron chi connectivity index (χ2n) is 6.11. The molecular weight excluding hydrogens is 427 g/mol. The van der Waals surface area contributed by atoms with Crippen molar-refractivity contribution in [2.75, 3.05) is 12.3 Å². The maximum atomic E-state index is 11.8. The lowest BCUT2D eigenvalue weighted by atomic mass is 10.0. The van der Waals surface area contributed by atoms with Gasteiger partial charge in [0.25, 0.3) is 9.05 Å². The number of halogens is 2. The molecule has 1 heterocycles. The van der Waals surface area contributed by atoms with Crippen LogP contribution in [0.3, 0.4) is 0 Å². The van der Waals surface area contributed by atoms with Crippen LogP contribution in [0.4, 0.5) is 5.69 Å². The topological polar surface area (TPSA) is 70.0 Å². The Hall–Kier alpha value is -1.25. The van der Waals surface area contributed by atoms with E-state index in [1.807, 2.05) is 38.1 Å². The lowest BCUT2D eigenvalue weighted by Gasteiger charge is -2.34. The molecule has 0 saturated carbocycles. The Labute approximate surface area is 172 Å². The van der Waals surface area contributed by atoms with Gasteiger partial charge in [0.15, 0.2) is 10.9 Å². The number of para-hydroxylation sites is 1. The van der Waals surface area contributed by atoms with Crippen LogP contribution in [-0.2, 0) is 14.8 Å². The molecule has 5 nitrogen and oxygen atoms in total. The summed E-state index contributed by atoms with van der Waals surface area (Å²) in [5.74, 6) is 0.301. The minimum absolute atomic E-state index is 0.0137. The van der Waals surface area contributed by atoms with Gasteiger partial charge in [-0.1, -0.05) is 47.6 Å². The summed E-state index contributed by atoms with van der Waals surface area (Å²) in [6.07, 6.45) is 0. The summed E-state index contributed by atoms with van der Waals surface area (Å²) >= 11 is 7.38. The molecule has 1 aliphatic heterocycles. The molecule has 1 N–H and O–H groups in total. The third-order valence-electron chi connectivity index (χ3n) is 4.38. The largest absolute Gasteiger partial charge is 0.366 e. The standard InChI is InChI=1S/C18H18Cl2N2O3S2/c1-3-22-17(21-15-7-5-4-6-12(15)2)26-11-18(22,23)13-8-9-14(19)16(10-13)27(20,24)25/h4-10,23H,3,11H2,1-2H3. The van der Waals surface area contributed by atoms with E-state index in [0.29, 0.717) is 23.0 Å². The summed E-state index contributed by atoms with van der Waals surface area (Å²) in [4.78, 5) is 6.22. The summed E-state index contributed by atoms with van der Waals surface area (Å²) < 4.78 is 23.6. The fourth-order valence-corrected chi connectivity index (χ4v) is 5.68. The lowest BCUT2D eigenvalue weighted by Crippen LogP contribution is -2.44. The first kappa shape index (κ1) is 20.5. The first-order chi connectivity index (χ1) is 12.7. The maximum absolute atomic E-state index is 11.8. The molecule has 0 aliphatic carbocycles. The molecule has 1 fully saturated rings. The van der Waals surface area contributed by atoms with Crippen molar-refractivity contribution in [2.45, 2.75) is 24.5 Å². The SMILES string of the molecule is CCN1C(=Nc2ccccc2C)SCC1(O)c1ccc(Cl)c(S(=O)(=O)Cl)c1. The van der Waals surface area contributed by atoms with E-state index >= 15 is 0 Å². The minimum atomic E-state index is -4.03. The van der Waals surface area contributed by atoms with E-state index in [4.69, 9.17) is 27.3 Å². The highest BCUT2D eigenvalue weighted by atomic mass is 35.7. The Morgan fingerprint density at radius 1 is 1.30 bits per heavy atom. The predicted molar refractivity (Wildman–Crippen MR) is 111 cm³/mol. The highest BCUT2D eigenvalue weighted by Gasteiger charge is 2.44. The second kappa shape index (κ2) is 7.64. The number of aliphatic imine (C=N–C) groups is 1. The normalized spacial score (nSPS) is 21.8.